The summed E-state index contributed by atoms with van der Waals surface area (Å²) in [5, 5.41) is 6.44. The highest BCUT2D eigenvalue weighted by atomic mass is 79.9. The fourth-order valence-corrected chi connectivity index (χ4v) is 3.00. The number of aliphatic imine (C=N–C) groups is 1. The lowest BCUT2D eigenvalue weighted by Gasteiger charge is -2.26. The molecule has 1 fully saturated rings. The highest BCUT2D eigenvalue weighted by molar-refractivity contribution is 9.10. The smallest absolute Gasteiger partial charge is 0.191 e. The Kier molecular flexibility index (Phi) is 7.12. The summed E-state index contributed by atoms with van der Waals surface area (Å²) in [7, 11) is 1.73. The maximum atomic E-state index is 13.7. The molecule has 0 bridgehead atoms. The summed E-state index contributed by atoms with van der Waals surface area (Å²) in [6, 6.07) is 4.95. The van der Waals surface area contributed by atoms with Gasteiger partial charge in [-0.15, -0.1) is 0 Å². The van der Waals surface area contributed by atoms with Gasteiger partial charge in [0.2, 0.25) is 0 Å². The summed E-state index contributed by atoms with van der Waals surface area (Å²) in [5.41, 5.74) is 0.619. The van der Waals surface area contributed by atoms with Gasteiger partial charge in [0.15, 0.2) is 5.96 Å². The molecule has 2 N–H and O–H groups in total. The van der Waals surface area contributed by atoms with Gasteiger partial charge in [-0.3, -0.25) is 4.99 Å². The second kappa shape index (κ2) is 9.10. The summed E-state index contributed by atoms with van der Waals surface area (Å²) in [4.78, 5) is 6.65. The van der Waals surface area contributed by atoms with Crippen LogP contribution in [-0.2, 0) is 6.54 Å². The van der Waals surface area contributed by atoms with Crippen LogP contribution in [0.15, 0.2) is 27.7 Å². The number of likely N-dealkylation sites (tertiary alicyclic amines) is 1. The molecule has 1 aliphatic heterocycles. The van der Waals surface area contributed by atoms with E-state index in [9.17, 15) is 4.39 Å². The second-order valence-electron chi connectivity index (χ2n) is 5.49. The molecular weight excluding hydrogens is 347 g/mol. The maximum Gasteiger partial charge on any atom is 0.191 e. The van der Waals surface area contributed by atoms with Crippen LogP contribution in [0, 0.1) is 5.82 Å². The molecule has 0 aliphatic carbocycles. The van der Waals surface area contributed by atoms with Gasteiger partial charge in [0, 0.05) is 36.7 Å². The van der Waals surface area contributed by atoms with E-state index < -0.39 is 0 Å². The SMILES string of the molecule is CN=C(NCCN1CCCCC1)NCc1cc(Br)ccc1F. The van der Waals surface area contributed by atoms with Gasteiger partial charge < -0.3 is 15.5 Å². The lowest BCUT2D eigenvalue weighted by Crippen LogP contribution is -2.42. The molecule has 6 heteroatoms. The van der Waals surface area contributed by atoms with Crippen LogP contribution in [0.1, 0.15) is 24.8 Å². The Morgan fingerprint density at radius 1 is 1.27 bits per heavy atom. The van der Waals surface area contributed by atoms with E-state index in [1.54, 1.807) is 19.2 Å². The Balaban J connectivity index is 1.74. The lowest BCUT2D eigenvalue weighted by molar-refractivity contribution is 0.232. The van der Waals surface area contributed by atoms with E-state index in [4.69, 9.17) is 0 Å². The Morgan fingerprint density at radius 2 is 2.05 bits per heavy atom. The van der Waals surface area contributed by atoms with Gasteiger partial charge in [0.05, 0.1) is 0 Å². The average molecular weight is 371 g/mol. The zero-order valence-electron chi connectivity index (χ0n) is 13.0. The van der Waals surface area contributed by atoms with Gasteiger partial charge >= 0.3 is 0 Å². The van der Waals surface area contributed by atoms with Crippen LogP contribution in [0.5, 0.6) is 0 Å². The van der Waals surface area contributed by atoms with Crippen LogP contribution >= 0.6 is 15.9 Å². The third-order valence-electron chi connectivity index (χ3n) is 3.85. The van der Waals surface area contributed by atoms with Gasteiger partial charge in [-0.05, 0) is 44.1 Å². The first-order chi connectivity index (χ1) is 10.7. The number of hydrogen-bond acceptors (Lipinski definition) is 2. The number of hydrogen-bond donors (Lipinski definition) is 2. The quantitative estimate of drug-likeness (QED) is 0.618. The number of benzene rings is 1. The highest BCUT2D eigenvalue weighted by Gasteiger charge is 2.09. The Labute approximate surface area is 140 Å². The number of guanidine groups is 1. The molecule has 22 heavy (non-hydrogen) atoms. The van der Waals surface area contributed by atoms with E-state index >= 15 is 0 Å². The molecule has 122 valence electrons. The molecule has 0 radical (unpaired) electrons. The van der Waals surface area contributed by atoms with E-state index in [-0.39, 0.29) is 5.82 Å². The first-order valence-corrected chi connectivity index (χ1v) is 8.59. The molecule has 0 atom stereocenters. The third kappa shape index (κ3) is 5.57. The lowest BCUT2D eigenvalue weighted by atomic mass is 10.1. The van der Waals surface area contributed by atoms with E-state index in [2.05, 4.69) is 36.5 Å². The van der Waals surface area contributed by atoms with E-state index in [0.29, 0.717) is 18.1 Å². The minimum absolute atomic E-state index is 0.209. The Morgan fingerprint density at radius 3 is 2.77 bits per heavy atom. The standard InChI is InChI=1S/C16H24BrFN4/c1-19-16(20-7-10-22-8-3-2-4-9-22)21-12-13-11-14(17)5-6-15(13)18/h5-6,11H,2-4,7-10,12H2,1H3,(H2,19,20,21). The molecule has 0 aromatic heterocycles. The fraction of sp³-hybridized carbons (Fsp3) is 0.562. The van der Waals surface area contributed by atoms with Crippen molar-refractivity contribution in [2.24, 2.45) is 4.99 Å². The van der Waals surface area contributed by atoms with Crippen molar-refractivity contribution in [3.8, 4) is 0 Å². The summed E-state index contributed by atoms with van der Waals surface area (Å²) < 4.78 is 14.6. The molecule has 4 nitrogen and oxygen atoms in total. The minimum atomic E-state index is -0.209. The Hall–Kier alpha value is -1.14. The first kappa shape index (κ1) is 17.2. The molecule has 0 amide bonds. The van der Waals surface area contributed by atoms with Crippen molar-refractivity contribution in [2.75, 3.05) is 33.2 Å². The largest absolute Gasteiger partial charge is 0.355 e. The molecule has 0 unspecified atom stereocenters. The highest BCUT2D eigenvalue weighted by Crippen LogP contribution is 2.15. The van der Waals surface area contributed by atoms with Crippen LogP contribution in [0.25, 0.3) is 0 Å². The van der Waals surface area contributed by atoms with Crippen molar-refractivity contribution < 1.29 is 4.39 Å². The molecule has 2 rings (SSSR count). The number of nitrogens with zero attached hydrogens (tertiary/aromatic N) is 2. The monoisotopic (exact) mass is 370 g/mol. The number of nitrogens with one attached hydrogen (secondary N) is 2. The van der Waals surface area contributed by atoms with E-state index in [1.165, 1.54) is 38.4 Å². The van der Waals surface area contributed by atoms with Gasteiger partial charge in [0.1, 0.15) is 5.82 Å². The average Bonchev–Trinajstić information content (AvgIpc) is 2.54. The molecule has 0 saturated carbocycles. The van der Waals surface area contributed by atoms with Crippen LogP contribution in [-0.4, -0.2) is 44.1 Å². The van der Waals surface area contributed by atoms with Crippen LogP contribution in [0.3, 0.4) is 0 Å². The number of rotatable bonds is 5. The molecule has 1 aliphatic rings. The molecule has 1 heterocycles. The summed E-state index contributed by atoms with van der Waals surface area (Å²) >= 11 is 3.36. The zero-order valence-corrected chi connectivity index (χ0v) is 14.6. The zero-order chi connectivity index (χ0) is 15.8. The number of halogens is 2. The van der Waals surface area contributed by atoms with Gasteiger partial charge in [0.25, 0.3) is 0 Å². The predicted octanol–water partition coefficient (Wildman–Crippen LogP) is 2.74. The maximum absolute atomic E-state index is 13.7. The normalized spacial score (nSPS) is 16.6. The number of piperidine rings is 1. The first-order valence-electron chi connectivity index (χ1n) is 7.80. The summed E-state index contributed by atoms with van der Waals surface area (Å²) in [6.45, 7) is 4.66. The van der Waals surface area contributed by atoms with Gasteiger partial charge in [-0.25, -0.2) is 4.39 Å². The molecule has 1 aromatic carbocycles. The molecular formula is C16H24BrFN4. The van der Waals surface area contributed by atoms with Crippen molar-refractivity contribution in [3.05, 3.63) is 34.1 Å². The van der Waals surface area contributed by atoms with Crippen molar-refractivity contribution in [1.82, 2.24) is 15.5 Å². The second-order valence-corrected chi connectivity index (χ2v) is 6.41. The Bertz CT molecular complexity index is 501. The van der Waals surface area contributed by atoms with Crippen molar-refractivity contribution >= 4 is 21.9 Å². The van der Waals surface area contributed by atoms with Gasteiger partial charge in [-0.2, -0.15) is 0 Å². The van der Waals surface area contributed by atoms with E-state index in [1.807, 2.05) is 0 Å². The summed E-state index contributed by atoms with van der Waals surface area (Å²) in [6.07, 6.45) is 3.95. The summed E-state index contributed by atoms with van der Waals surface area (Å²) in [5.74, 6) is 0.496. The predicted molar refractivity (Wildman–Crippen MR) is 92.6 cm³/mol. The minimum Gasteiger partial charge on any atom is -0.355 e. The molecule has 1 saturated heterocycles. The van der Waals surface area contributed by atoms with Crippen LogP contribution in [0.2, 0.25) is 0 Å². The third-order valence-corrected chi connectivity index (χ3v) is 4.34. The molecule has 0 spiro atoms. The van der Waals surface area contributed by atoms with Crippen molar-refractivity contribution in [1.29, 1.82) is 0 Å². The van der Waals surface area contributed by atoms with E-state index in [0.717, 1.165) is 17.6 Å². The fourth-order valence-electron chi connectivity index (χ4n) is 2.59. The molecule has 1 aromatic rings. The van der Waals surface area contributed by atoms with Crippen LogP contribution < -0.4 is 10.6 Å². The topological polar surface area (TPSA) is 39.7 Å². The van der Waals surface area contributed by atoms with Crippen LogP contribution in [0.4, 0.5) is 4.39 Å². The van der Waals surface area contributed by atoms with Crippen molar-refractivity contribution in [3.63, 3.8) is 0 Å². The van der Waals surface area contributed by atoms with Gasteiger partial charge in [-0.1, -0.05) is 22.4 Å². The van der Waals surface area contributed by atoms with Crippen molar-refractivity contribution in [2.45, 2.75) is 25.8 Å².